The second-order valence-electron chi connectivity index (χ2n) is 6.00. The highest BCUT2D eigenvalue weighted by Crippen LogP contribution is 2.17. The highest BCUT2D eigenvalue weighted by atomic mass is 16.6. The largest absolute Gasteiger partial charge is 0.507 e. The summed E-state index contributed by atoms with van der Waals surface area (Å²) >= 11 is 0. The predicted octanol–water partition coefficient (Wildman–Crippen LogP) is 3.64. The van der Waals surface area contributed by atoms with Crippen LogP contribution in [0.4, 0.5) is 5.69 Å². The highest BCUT2D eigenvalue weighted by molar-refractivity contribution is 5.97. The van der Waals surface area contributed by atoms with Crippen molar-refractivity contribution in [3.05, 3.63) is 99.6 Å². The molecule has 8 heteroatoms. The zero-order valence-corrected chi connectivity index (χ0v) is 15.2. The molecular weight excluding hydrogens is 374 g/mol. The number of rotatable bonds is 7. The van der Waals surface area contributed by atoms with Crippen LogP contribution in [0.1, 0.15) is 21.5 Å². The minimum atomic E-state index is -0.512. The van der Waals surface area contributed by atoms with Gasteiger partial charge < -0.3 is 9.84 Å². The fraction of sp³-hybridized carbons (Fsp3) is 0.0476. The first kappa shape index (κ1) is 19.6. The van der Waals surface area contributed by atoms with E-state index >= 15 is 0 Å². The molecule has 3 rings (SSSR count). The number of benzene rings is 3. The van der Waals surface area contributed by atoms with Gasteiger partial charge in [-0.05, 0) is 59.7 Å². The lowest BCUT2D eigenvalue weighted by Crippen LogP contribution is -2.17. The summed E-state index contributed by atoms with van der Waals surface area (Å²) in [6.07, 6.45) is 1.47. The Morgan fingerprint density at radius 1 is 1.07 bits per heavy atom. The molecule has 0 aliphatic rings. The fourth-order valence-electron chi connectivity index (χ4n) is 2.42. The number of non-ortho nitro benzene ring substituents is 1. The lowest BCUT2D eigenvalue weighted by molar-refractivity contribution is -0.384. The SMILES string of the molecule is O=C(N/N=C\c1ccc(OCc2ccc([N+](=O)[O-])cc2)cc1)c1ccccc1O. The molecule has 3 aromatic carbocycles. The summed E-state index contributed by atoms with van der Waals surface area (Å²) in [7, 11) is 0. The van der Waals surface area contributed by atoms with Crippen LogP contribution in [-0.2, 0) is 6.61 Å². The van der Waals surface area contributed by atoms with Gasteiger partial charge in [0, 0.05) is 12.1 Å². The molecule has 1 amide bonds. The van der Waals surface area contributed by atoms with Gasteiger partial charge in [0.25, 0.3) is 11.6 Å². The Balaban J connectivity index is 1.52. The molecule has 0 bridgehead atoms. The van der Waals surface area contributed by atoms with Crippen LogP contribution in [0, 0.1) is 10.1 Å². The summed E-state index contributed by atoms with van der Waals surface area (Å²) in [6, 6.07) is 19.4. The number of nitrogens with one attached hydrogen (secondary N) is 1. The summed E-state index contributed by atoms with van der Waals surface area (Å²) in [5.41, 5.74) is 4.08. The molecule has 0 saturated heterocycles. The van der Waals surface area contributed by atoms with E-state index in [4.69, 9.17) is 4.74 Å². The first-order valence-corrected chi connectivity index (χ1v) is 8.60. The molecule has 0 atom stereocenters. The molecule has 29 heavy (non-hydrogen) atoms. The average molecular weight is 391 g/mol. The molecule has 2 N–H and O–H groups in total. The molecule has 0 aromatic heterocycles. The molecule has 0 unspecified atom stereocenters. The number of nitro benzene ring substituents is 1. The van der Waals surface area contributed by atoms with Crippen molar-refractivity contribution in [2.24, 2.45) is 5.10 Å². The molecular formula is C21H17N3O5. The maximum Gasteiger partial charge on any atom is 0.275 e. The summed E-state index contributed by atoms with van der Waals surface area (Å²) < 4.78 is 5.65. The first-order chi connectivity index (χ1) is 14.0. The van der Waals surface area contributed by atoms with Crippen LogP contribution in [0.25, 0.3) is 0 Å². The minimum absolute atomic E-state index is 0.0342. The number of nitro groups is 1. The van der Waals surface area contributed by atoms with Crippen LogP contribution in [0.15, 0.2) is 77.9 Å². The monoisotopic (exact) mass is 391 g/mol. The van der Waals surface area contributed by atoms with E-state index in [1.807, 2.05) is 0 Å². The lowest BCUT2D eigenvalue weighted by Gasteiger charge is -2.06. The third-order valence-electron chi connectivity index (χ3n) is 3.96. The first-order valence-electron chi connectivity index (χ1n) is 8.60. The molecule has 0 saturated carbocycles. The number of hydrogen-bond donors (Lipinski definition) is 2. The zero-order chi connectivity index (χ0) is 20.6. The van der Waals surface area contributed by atoms with Crippen molar-refractivity contribution in [1.82, 2.24) is 5.43 Å². The average Bonchev–Trinajstić information content (AvgIpc) is 2.73. The van der Waals surface area contributed by atoms with Crippen LogP contribution in [0.2, 0.25) is 0 Å². The predicted molar refractivity (Wildman–Crippen MR) is 107 cm³/mol. The quantitative estimate of drug-likeness (QED) is 0.363. The van der Waals surface area contributed by atoms with Crippen molar-refractivity contribution in [3.8, 4) is 11.5 Å². The highest BCUT2D eigenvalue weighted by Gasteiger charge is 2.08. The maximum atomic E-state index is 11.9. The molecule has 0 heterocycles. The number of aromatic hydroxyl groups is 1. The summed E-state index contributed by atoms with van der Waals surface area (Å²) in [4.78, 5) is 22.1. The van der Waals surface area contributed by atoms with Crippen molar-refractivity contribution in [3.63, 3.8) is 0 Å². The van der Waals surface area contributed by atoms with Crippen molar-refractivity contribution in [1.29, 1.82) is 0 Å². The van der Waals surface area contributed by atoms with Gasteiger partial charge in [-0.3, -0.25) is 14.9 Å². The Labute approximate surface area is 166 Å². The van der Waals surface area contributed by atoms with Crippen LogP contribution in [-0.4, -0.2) is 22.2 Å². The van der Waals surface area contributed by atoms with Crippen LogP contribution in [0.5, 0.6) is 11.5 Å². The molecule has 0 spiro atoms. The lowest BCUT2D eigenvalue weighted by atomic mass is 10.2. The summed E-state index contributed by atoms with van der Waals surface area (Å²) in [6.45, 7) is 0.280. The van der Waals surface area contributed by atoms with Gasteiger partial charge >= 0.3 is 0 Å². The van der Waals surface area contributed by atoms with E-state index in [9.17, 15) is 20.0 Å². The molecule has 0 fully saturated rings. The molecule has 0 aliphatic heterocycles. The standard InChI is InChI=1S/C21H17N3O5/c25-20-4-2-1-3-19(20)21(26)23-22-13-15-7-11-18(12-8-15)29-14-16-5-9-17(10-6-16)24(27)28/h1-13,25H,14H2,(H,23,26)/b22-13-. The second kappa shape index (κ2) is 9.14. The Morgan fingerprint density at radius 2 is 1.76 bits per heavy atom. The van der Waals surface area contributed by atoms with Gasteiger partial charge in [-0.25, -0.2) is 5.43 Å². The number of para-hydroxylation sites is 1. The van der Waals surface area contributed by atoms with Gasteiger partial charge in [0.1, 0.15) is 18.1 Å². The van der Waals surface area contributed by atoms with Crippen molar-refractivity contribution >= 4 is 17.8 Å². The van der Waals surface area contributed by atoms with Crippen molar-refractivity contribution in [2.75, 3.05) is 0 Å². The molecule has 8 nitrogen and oxygen atoms in total. The second-order valence-corrected chi connectivity index (χ2v) is 6.00. The van der Waals surface area contributed by atoms with Crippen LogP contribution < -0.4 is 10.2 Å². The normalized spacial score (nSPS) is 10.6. The van der Waals surface area contributed by atoms with E-state index in [0.717, 1.165) is 11.1 Å². The number of ether oxygens (including phenoxy) is 1. The van der Waals surface area contributed by atoms with E-state index in [2.05, 4.69) is 10.5 Å². The number of hydrazone groups is 1. The van der Waals surface area contributed by atoms with E-state index in [1.165, 1.54) is 30.5 Å². The van der Waals surface area contributed by atoms with Crippen molar-refractivity contribution in [2.45, 2.75) is 6.61 Å². The minimum Gasteiger partial charge on any atom is -0.507 e. The van der Waals surface area contributed by atoms with Crippen LogP contribution >= 0.6 is 0 Å². The molecule has 3 aromatic rings. The van der Waals surface area contributed by atoms with Gasteiger partial charge in [0.15, 0.2) is 0 Å². The number of carbonyl (C=O) groups excluding carboxylic acids is 1. The maximum absolute atomic E-state index is 11.9. The van der Waals surface area contributed by atoms with Gasteiger partial charge in [0.2, 0.25) is 0 Å². The smallest absolute Gasteiger partial charge is 0.275 e. The fourth-order valence-corrected chi connectivity index (χ4v) is 2.42. The third kappa shape index (κ3) is 5.39. The number of carbonyl (C=O) groups is 1. The molecule has 0 radical (unpaired) electrons. The van der Waals surface area contributed by atoms with Crippen molar-refractivity contribution < 1.29 is 19.6 Å². The molecule has 0 aliphatic carbocycles. The van der Waals surface area contributed by atoms with Gasteiger partial charge in [0.05, 0.1) is 16.7 Å². The third-order valence-corrected chi connectivity index (χ3v) is 3.96. The Hall–Kier alpha value is -4.20. The Morgan fingerprint density at radius 3 is 2.41 bits per heavy atom. The number of nitrogens with zero attached hydrogens (tertiary/aromatic N) is 2. The Kier molecular flexibility index (Phi) is 6.16. The van der Waals surface area contributed by atoms with Gasteiger partial charge in [-0.1, -0.05) is 12.1 Å². The van der Waals surface area contributed by atoms with E-state index in [-0.39, 0.29) is 23.6 Å². The topological polar surface area (TPSA) is 114 Å². The number of phenolic OH excluding ortho intramolecular Hbond substituents is 1. The van der Waals surface area contributed by atoms with E-state index in [1.54, 1.807) is 48.5 Å². The van der Waals surface area contributed by atoms with E-state index in [0.29, 0.717) is 5.75 Å². The van der Waals surface area contributed by atoms with Gasteiger partial charge in [-0.15, -0.1) is 0 Å². The zero-order valence-electron chi connectivity index (χ0n) is 15.2. The summed E-state index contributed by atoms with van der Waals surface area (Å²) in [5, 5.41) is 24.2. The Bertz CT molecular complexity index is 1030. The van der Waals surface area contributed by atoms with E-state index < -0.39 is 10.8 Å². The van der Waals surface area contributed by atoms with Gasteiger partial charge in [-0.2, -0.15) is 5.10 Å². The number of amides is 1. The number of hydrogen-bond acceptors (Lipinski definition) is 6. The molecule has 146 valence electrons. The summed E-state index contributed by atoms with van der Waals surface area (Å²) in [5.74, 6) is -0.00382. The van der Waals surface area contributed by atoms with Crippen LogP contribution in [0.3, 0.4) is 0 Å². The number of phenols is 1.